The molecule has 0 aromatic heterocycles. The van der Waals surface area contributed by atoms with Gasteiger partial charge in [0, 0.05) is 19.0 Å². The van der Waals surface area contributed by atoms with Crippen molar-refractivity contribution in [1.29, 1.82) is 0 Å². The third-order valence-corrected chi connectivity index (χ3v) is 7.27. The molecule has 5 rings (SSSR count). The number of carbonyl (C=O) groups is 3. The molecule has 0 radical (unpaired) electrons. The number of amides is 2. The number of rotatable bonds is 6. The molecule has 2 aromatic rings. The number of benzene rings is 2. The first-order chi connectivity index (χ1) is 17.0. The summed E-state index contributed by atoms with van der Waals surface area (Å²) in [6.07, 6.45) is 1.72. The van der Waals surface area contributed by atoms with Gasteiger partial charge >= 0.3 is 12.1 Å². The van der Waals surface area contributed by atoms with Crippen LogP contribution >= 0.6 is 0 Å². The molecule has 2 aliphatic heterocycles. The normalized spacial score (nSPS) is 23.4. The molecular formula is C27H30N2O6. The van der Waals surface area contributed by atoms with E-state index in [1.54, 1.807) is 0 Å². The van der Waals surface area contributed by atoms with E-state index in [1.165, 1.54) is 16.0 Å². The average molecular weight is 479 g/mol. The van der Waals surface area contributed by atoms with Crippen LogP contribution in [0.5, 0.6) is 0 Å². The molecule has 8 heteroatoms. The third-order valence-electron chi connectivity index (χ3n) is 7.27. The molecule has 2 fully saturated rings. The zero-order valence-corrected chi connectivity index (χ0v) is 19.5. The Bertz CT molecular complexity index is 1070. The molecule has 1 aliphatic carbocycles. The van der Waals surface area contributed by atoms with Crippen molar-refractivity contribution in [2.45, 2.75) is 56.3 Å². The number of carboxylic acids is 1. The first kappa shape index (κ1) is 23.4. The van der Waals surface area contributed by atoms with Crippen LogP contribution < -0.4 is 5.32 Å². The number of carboxylic acid groups (broad SMARTS) is 1. The number of carbonyl (C=O) groups excluding carboxylic acids is 2. The van der Waals surface area contributed by atoms with Crippen LogP contribution in [0.15, 0.2) is 48.5 Å². The largest absolute Gasteiger partial charge is 0.480 e. The highest BCUT2D eigenvalue weighted by atomic mass is 16.6. The van der Waals surface area contributed by atoms with Crippen LogP contribution in [0.1, 0.15) is 49.1 Å². The quantitative estimate of drug-likeness (QED) is 0.658. The molecule has 8 nitrogen and oxygen atoms in total. The van der Waals surface area contributed by atoms with Crippen molar-refractivity contribution in [2.24, 2.45) is 0 Å². The van der Waals surface area contributed by atoms with E-state index >= 15 is 0 Å². The molecule has 0 bridgehead atoms. The smallest absolute Gasteiger partial charge is 0.407 e. The molecule has 3 atom stereocenters. The maximum absolute atomic E-state index is 12.9. The summed E-state index contributed by atoms with van der Waals surface area (Å²) in [7, 11) is 0. The molecule has 2 amide bonds. The molecule has 3 aliphatic rings. The highest BCUT2D eigenvalue weighted by Crippen LogP contribution is 2.44. The highest BCUT2D eigenvalue weighted by molar-refractivity contribution is 5.87. The predicted molar refractivity (Wildman–Crippen MR) is 128 cm³/mol. The second-order valence-corrected chi connectivity index (χ2v) is 9.41. The summed E-state index contributed by atoms with van der Waals surface area (Å²) in [6.45, 7) is 0.916. The number of aliphatic carboxylic acids is 1. The Kier molecular flexibility index (Phi) is 6.72. The van der Waals surface area contributed by atoms with Crippen molar-refractivity contribution in [1.82, 2.24) is 10.2 Å². The van der Waals surface area contributed by atoms with Crippen molar-refractivity contribution < 1.29 is 29.0 Å². The van der Waals surface area contributed by atoms with Gasteiger partial charge in [0.15, 0.2) is 0 Å². The standard InChI is InChI=1S/C27H30N2O6/c30-25(29-14-6-5-11-23(29)26(31)32)24-13-12-17(35-24)15-28-27(33)34-16-22-20-9-3-1-7-18(20)19-8-2-4-10-21(19)22/h1-4,7-10,17,22-24H,5-6,11-16H2,(H,28,33)(H,31,32)/t17?,23-,24?/m1/s1. The molecule has 2 saturated heterocycles. The highest BCUT2D eigenvalue weighted by Gasteiger charge is 2.39. The molecular weight excluding hydrogens is 448 g/mol. The molecule has 2 N–H and O–H groups in total. The van der Waals surface area contributed by atoms with E-state index < -0.39 is 24.2 Å². The first-order valence-corrected chi connectivity index (χ1v) is 12.3. The minimum atomic E-state index is -0.968. The fourth-order valence-corrected chi connectivity index (χ4v) is 5.52. The number of ether oxygens (including phenoxy) is 2. The van der Waals surface area contributed by atoms with Gasteiger partial charge in [0.2, 0.25) is 0 Å². The Morgan fingerprint density at radius 2 is 1.66 bits per heavy atom. The van der Waals surface area contributed by atoms with Gasteiger partial charge in [-0.25, -0.2) is 9.59 Å². The van der Waals surface area contributed by atoms with Gasteiger partial charge in [-0.3, -0.25) is 4.79 Å². The summed E-state index contributed by atoms with van der Waals surface area (Å²) in [5, 5.41) is 12.2. The van der Waals surface area contributed by atoms with Crippen LogP contribution in [0, 0.1) is 0 Å². The fraction of sp³-hybridized carbons (Fsp3) is 0.444. The average Bonchev–Trinajstić information content (AvgIpc) is 3.49. The number of fused-ring (bicyclic) bond motifs is 3. The van der Waals surface area contributed by atoms with Crippen LogP contribution in [-0.2, 0) is 19.1 Å². The molecule has 2 unspecified atom stereocenters. The topological polar surface area (TPSA) is 105 Å². The number of hydrogen-bond acceptors (Lipinski definition) is 5. The van der Waals surface area contributed by atoms with E-state index in [4.69, 9.17) is 9.47 Å². The van der Waals surface area contributed by atoms with Crippen molar-refractivity contribution >= 4 is 18.0 Å². The van der Waals surface area contributed by atoms with Gasteiger partial charge in [-0.1, -0.05) is 48.5 Å². The van der Waals surface area contributed by atoms with E-state index in [0.717, 1.165) is 24.0 Å². The van der Waals surface area contributed by atoms with E-state index in [0.29, 0.717) is 25.8 Å². The minimum Gasteiger partial charge on any atom is -0.480 e. The number of likely N-dealkylation sites (tertiary alicyclic amines) is 1. The SMILES string of the molecule is O=C(NCC1CCC(C(=O)N2CCCC[C@@H]2C(=O)O)O1)OCC1c2ccccc2-c2ccccc21. The van der Waals surface area contributed by atoms with Crippen LogP contribution in [0.25, 0.3) is 11.1 Å². The lowest BCUT2D eigenvalue weighted by Crippen LogP contribution is -2.51. The summed E-state index contributed by atoms with van der Waals surface area (Å²) >= 11 is 0. The molecule has 35 heavy (non-hydrogen) atoms. The molecule has 0 saturated carbocycles. The summed E-state index contributed by atoms with van der Waals surface area (Å²) in [5.74, 6) is -1.24. The Balaban J connectivity index is 1.11. The lowest BCUT2D eigenvalue weighted by Gasteiger charge is -2.34. The number of hydrogen-bond donors (Lipinski definition) is 2. The lowest BCUT2D eigenvalue weighted by molar-refractivity contribution is -0.157. The van der Waals surface area contributed by atoms with Crippen LogP contribution in [0.3, 0.4) is 0 Å². The third kappa shape index (κ3) is 4.75. The van der Waals surface area contributed by atoms with Crippen molar-refractivity contribution in [2.75, 3.05) is 19.7 Å². The van der Waals surface area contributed by atoms with Crippen LogP contribution in [0.4, 0.5) is 4.79 Å². The molecule has 2 heterocycles. The van der Waals surface area contributed by atoms with E-state index in [1.807, 2.05) is 24.3 Å². The number of alkyl carbamates (subject to hydrolysis) is 1. The van der Waals surface area contributed by atoms with Crippen LogP contribution in [-0.4, -0.2) is 65.9 Å². The van der Waals surface area contributed by atoms with Gasteiger partial charge < -0.3 is 24.8 Å². The first-order valence-electron chi connectivity index (χ1n) is 12.3. The van der Waals surface area contributed by atoms with E-state index in [2.05, 4.69) is 29.6 Å². The van der Waals surface area contributed by atoms with Gasteiger partial charge in [-0.15, -0.1) is 0 Å². The van der Waals surface area contributed by atoms with Crippen molar-refractivity contribution in [3.8, 4) is 11.1 Å². The summed E-state index contributed by atoms with van der Waals surface area (Å²) in [4.78, 5) is 38.3. The molecule has 2 aromatic carbocycles. The van der Waals surface area contributed by atoms with E-state index in [-0.39, 0.29) is 31.1 Å². The summed E-state index contributed by atoms with van der Waals surface area (Å²) in [6, 6.07) is 15.6. The Labute approximate surface area is 204 Å². The van der Waals surface area contributed by atoms with Gasteiger partial charge in [0.25, 0.3) is 5.91 Å². The Morgan fingerprint density at radius 3 is 2.34 bits per heavy atom. The second kappa shape index (κ2) is 10.1. The van der Waals surface area contributed by atoms with Crippen molar-refractivity contribution in [3.63, 3.8) is 0 Å². The second-order valence-electron chi connectivity index (χ2n) is 9.41. The molecule has 0 spiro atoms. The monoisotopic (exact) mass is 478 g/mol. The maximum atomic E-state index is 12.9. The van der Waals surface area contributed by atoms with E-state index in [9.17, 15) is 19.5 Å². The van der Waals surface area contributed by atoms with Crippen molar-refractivity contribution in [3.05, 3.63) is 59.7 Å². The number of nitrogens with zero attached hydrogens (tertiary/aromatic N) is 1. The maximum Gasteiger partial charge on any atom is 0.407 e. The van der Waals surface area contributed by atoms with Gasteiger partial charge in [-0.2, -0.15) is 0 Å². The fourth-order valence-electron chi connectivity index (χ4n) is 5.52. The van der Waals surface area contributed by atoms with Gasteiger partial charge in [0.05, 0.1) is 6.10 Å². The zero-order chi connectivity index (χ0) is 24.4. The molecule has 184 valence electrons. The van der Waals surface area contributed by atoms with Crippen LogP contribution in [0.2, 0.25) is 0 Å². The summed E-state index contributed by atoms with van der Waals surface area (Å²) < 4.78 is 11.4. The Morgan fingerprint density at radius 1 is 0.971 bits per heavy atom. The number of piperidine rings is 1. The number of nitrogens with one attached hydrogen (secondary N) is 1. The zero-order valence-electron chi connectivity index (χ0n) is 19.5. The lowest BCUT2D eigenvalue weighted by atomic mass is 9.98. The van der Waals surface area contributed by atoms with Gasteiger partial charge in [-0.05, 0) is 54.4 Å². The summed E-state index contributed by atoms with van der Waals surface area (Å²) in [5.41, 5.74) is 4.65. The Hall–Kier alpha value is -3.39. The minimum absolute atomic E-state index is 0.00962. The van der Waals surface area contributed by atoms with Gasteiger partial charge in [0.1, 0.15) is 18.8 Å². The predicted octanol–water partition coefficient (Wildman–Crippen LogP) is 3.54.